The lowest BCUT2D eigenvalue weighted by Gasteiger charge is -2.40. The van der Waals surface area contributed by atoms with Crippen LogP contribution < -0.4 is 0 Å². The Morgan fingerprint density at radius 2 is 2.25 bits per heavy atom. The highest BCUT2D eigenvalue weighted by atomic mass is 32.2. The van der Waals surface area contributed by atoms with Crippen LogP contribution in [0, 0.1) is 6.92 Å². The van der Waals surface area contributed by atoms with E-state index in [2.05, 4.69) is 15.4 Å². The monoisotopic (exact) mass is 352 g/mol. The molecule has 2 atom stereocenters. The van der Waals surface area contributed by atoms with Gasteiger partial charge in [-0.15, -0.1) is 5.10 Å². The van der Waals surface area contributed by atoms with Crippen LogP contribution >= 0.6 is 0 Å². The highest BCUT2D eigenvalue weighted by Crippen LogP contribution is 2.32. The second kappa shape index (κ2) is 5.64. The Bertz CT molecular complexity index is 858. The summed E-state index contributed by atoms with van der Waals surface area (Å²) in [6.07, 6.45) is 2.14. The van der Waals surface area contributed by atoms with Crippen LogP contribution in [0.1, 0.15) is 30.8 Å². The highest BCUT2D eigenvalue weighted by molar-refractivity contribution is 7.89. The van der Waals surface area contributed by atoms with Gasteiger partial charge in [-0.1, -0.05) is 5.21 Å². The van der Waals surface area contributed by atoms with Crippen molar-refractivity contribution in [2.75, 3.05) is 13.1 Å². The van der Waals surface area contributed by atoms with E-state index in [0.717, 1.165) is 5.69 Å². The predicted octanol–water partition coefficient (Wildman–Crippen LogP) is 0.337. The zero-order valence-electron chi connectivity index (χ0n) is 13.7. The average molecular weight is 352 g/mol. The minimum Gasteiger partial charge on any atom is -0.368 e. The summed E-state index contributed by atoms with van der Waals surface area (Å²) in [5, 5.41) is 12.5. The van der Waals surface area contributed by atoms with Crippen LogP contribution in [0.2, 0.25) is 0 Å². The third-order valence-electron chi connectivity index (χ3n) is 4.66. The van der Waals surface area contributed by atoms with Gasteiger partial charge in [-0.25, -0.2) is 13.1 Å². The van der Waals surface area contributed by atoms with Crippen LogP contribution in [0.15, 0.2) is 17.3 Å². The molecule has 0 amide bonds. The van der Waals surface area contributed by atoms with Crippen molar-refractivity contribution in [2.24, 2.45) is 0 Å². The van der Waals surface area contributed by atoms with E-state index in [-0.39, 0.29) is 17.2 Å². The molecule has 0 saturated carbocycles. The fourth-order valence-electron chi connectivity index (χ4n) is 3.47. The zero-order valence-corrected chi connectivity index (χ0v) is 14.5. The Morgan fingerprint density at radius 3 is 3.04 bits per heavy atom. The van der Waals surface area contributed by atoms with Gasteiger partial charge in [-0.2, -0.15) is 9.40 Å². The number of fused-ring (bicyclic) bond motifs is 3. The summed E-state index contributed by atoms with van der Waals surface area (Å²) >= 11 is 0. The third-order valence-corrected chi connectivity index (χ3v) is 6.53. The van der Waals surface area contributed by atoms with Gasteiger partial charge in [0.1, 0.15) is 0 Å². The number of aromatic nitrogens is 5. The van der Waals surface area contributed by atoms with Gasteiger partial charge in [0.15, 0.2) is 5.03 Å². The van der Waals surface area contributed by atoms with Gasteiger partial charge in [-0.3, -0.25) is 4.68 Å². The topological polar surface area (TPSA) is 95.1 Å². The van der Waals surface area contributed by atoms with Crippen molar-refractivity contribution in [3.63, 3.8) is 0 Å². The molecule has 2 aliphatic rings. The van der Waals surface area contributed by atoms with Crippen LogP contribution in [0.4, 0.5) is 0 Å². The zero-order chi connectivity index (χ0) is 16.9. The van der Waals surface area contributed by atoms with E-state index in [1.165, 1.54) is 8.99 Å². The second-order valence-corrected chi connectivity index (χ2v) is 8.06. The highest BCUT2D eigenvalue weighted by Gasteiger charge is 2.41. The number of piperidine rings is 1. The third kappa shape index (κ3) is 2.36. The molecule has 4 heterocycles. The number of aryl methyl sites for hydroxylation is 2. The van der Waals surface area contributed by atoms with Crippen LogP contribution in [0.3, 0.4) is 0 Å². The Labute approximate surface area is 140 Å². The molecule has 0 aliphatic carbocycles. The maximum Gasteiger partial charge on any atom is 0.260 e. The van der Waals surface area contributed by atoms with Gasteiger partial charge < -0.3 is 4.74 Å². The predicted molar refractivity (Wildman–Crippen MR) is 83.6 cm³/mol. The Hall–Kier alpha value is -1.78. The van der Waals surface area contributed by atoms with Crippen molar-refractivity contribution in [1.82, 2.24) is 29.1 Å². The summed E-state index contributed by atoms with van der Waals surface area (Å²) in [6, 6.07) is 1.67. The molecule has 10 heteroatoms. The Morgan fingerprint density at radius 1 is 1.42 bits per heavy atom. The lowest BCUT2D eigenvalue weighted by molar-refractivity contribution is -0.0544. The lowest BCUT2D eigenvalue weighted by Crippen LogP contribution is -2.50. The summed E-state index contributed by atoms with van der Waals surface area (Å²) in [5.74, 6) is 0. The molecule has 0 unspecified atom stereocenters. The van der Waals surface area contributed by atoms with Crippen molar-refractivity contribution >= 4 is 10.0 Å². The van der Waals surface area contributed by atoms with E-state index in [4.69, 9.17) is 4.74 Å². The smallest absolute Gasteiger partial charge is 0.260 e. The SMILES string of the molecule is CCn1nc(C)cc1S(=O)(=O)N1CC[C@@H]2[C@@H](C1)OCc1cnnn12. The molecule has 1 saturated heterocycles. The fraction of sp³-hybridized carbons (Fsp3) is 0.643. The van der Waals surface area contributed by atoms with E-state index in [9.17, 15) is 8.42 Å². The molecule has 2 aliphatic heterocycles. The van der Waals surface area contributed by atoms with Gasteiger partial charge in [0.25, 0.3) is 10.0 Å². The number of hydrogen-bond donors (Lipinski definition) is 0. The minimum absolute atomic E-state index is 0.0421. The van der Waals surface area contributed by atoms with Crippen molar-refractivity contribution < 1.29 is 13.2 Å². The molecular weight excluding hydrogens is 332 g/mol. The number of hydrogen-bond acceptors (Lipinski definition) is 6. The molecule has 0 spiro atoms. The van der Waals surface area contributed by atoms with Gasteiger partial charge in [-0.05, 0) is 26.3 Å². The van der Waals surface area contributed by atoms with Crippen molar-refractivity contribution in [1.29, 1.82) is 0 Å². The number of ether oxygens (including phenoxy) is 1. The number of nitrogens with zero attached hydrogens (tertiary/aromatic N) is 6. The first-order valence-electron chi connectivity index (χ1n) is 8.06. The fourth-order valence-corrected chi connectivity index (χ4v) is 5.17. The molecule has 0 N–H and O–H groups in total. The molecule has 130 valence electrons. The molecule has 0 aromatic carbocycles. The first-order valence-corrected chi connectivity index (χ1v) is 9.50. The molecule has 9 nitrogen and oxygen atoms in total. The van der Waals surface area contributed by atoms with Crippen LogP contribution in [0.25, 0.3) is 0 Å². The summed E-state index contributed by atoms with van der Waals surface area (Å²) in [4.78, 5) is 0. The first-order chi connectivity index (χ1) is 11.5. The number of sulfonamides is 1. The summed E-state index contributed by atoms with van der Waals surface area (Å²) in [7, 11) is -3.59. The standard InChI is InChI=1S/C14H20N6O3S/c1-3-19-14(6-10(2)16-19)24(21,22)18-5-4-12-13(8-18)23-9-11-7-15-17-20(11)12/h6-7,12-13H,3-5,8-9H2,1-2H3/t12-,13-/m1/s1. The molecule has 1 fully saturated rings. The summed E-state index contributed by atoms with van der Waals surface area (Å²) in [6.45, 7) is 5.36. The number of rotatable bonds is 3. The Kier molecular flexibility index (Phi) is 3.70. The van der Waals surface area contributed by atoms with Crippen LogP contribution in [0.5, 0.6) is 0 Å². The van der Waals surface area contributed by atoms with Crippen LogP contribution in [-0.4, -0.2) is 56.7 Å². The molecule has 24 heavy (non-hydrogen) atoms. The summed E-state index contributed by atoms with van der Waals surface area (Å²) < 4.78 is 36.8. The molecular formula is C14H20N6O3S. The van der Waals surface area contributed by atoms with Gasteiger partial charge in [0.2, 0.25) is 0 Å². The first kappa shape index (κ1) is 15.7. The molecule has 4 rings (SSSR count). The molecule has 2 aromatic rings. The van der Waals surface area contributed by atoms with Crippen molar-refractivity contribution in [3.8, 4) is 0 Å². The molecule has 0 bridgehead atoms. The largest absolute Gasteiger partial charge is 0.368 e. The van der Waals surface area contributed by atoms with Gasteiger partial charge in [0.05, 0.1) is 36.3 Å². The van der Waals surface area contributed by atoms with E-state index >= 15 is 0 Å². The maximum atomic E-state index is 13.0. The van der Waals surface area contributed by atoms with E-state index in [1.807, 2.05) is 11.6 Å². The van der Waals surface area contributed by atoms with E-state index in [0.29, 0.717) is 38.4 Å². The maximum absolute atomic E-state index is 13.0. The molecule has 0 radical (unpaired) electrons. The van der Waals surface area contributed by atoms with Crippen molar-refractivity contribution in [3.05, 3.63) is 23.7 Å². The quantitative estimate of drug-likeness (QED) is 0.790. The van der Waals surface area contributed by atoms with E-state index in [1.54, 1.807) is 19.2 Å². The Balaban J connectivity index is 1.61. The van der Waals surface area contributed by atoms with Gasteiger partial charge in [0, 0.05) is 19.6 Å². The lowest BCUT2D eigenvalue weighted by atomic mass is 10.0. The van der Waals surface area contributed by atoms with Crippen LogP contribution in [-0.2, 0) is 27.9 Å². The van der Waals surface area contributed by atoms with Crippen molar-refractivity contribution in [2.45, 2.75) is 50.6 Å². The van der Waals surface area contributed by atoms with Gasteiger partial charge >= 0.3 is 0 Å². The normalized spacial score (nSPS) is 24.6. The summed E-state index contributed by atoms with van der Waals surface area (Å²) in [5.41, 5.74) is 1.64. The second-order valence-electron chi connectivity index (χ2n) is 6.18. The minimum atomic E-state index is -3.59. The molecule has 2 aromatic heterocycles. The average Bonchev–Trinajstić information content (AvgIpc) is 3.20. The van der Waals surface area contributed by atoms with E-state index < -0.39 is 10.0 Å².